The van der Waals surface area contributed by atoms with Gasteiger partial charge < -0.3 is 5.73 Å². The highest BCUT2D eigenvalue weighted by Crippen LogP contribution is 2.12. The van der Waals surface area contributed by atoms with Gasteiger partial charge in [-0.3, -0.25) is 4.18 Å². The SMILES string of the molecule is CCCCCCCCCCCCCCOS(=O)(=O)CCN. The van der Waals surface area contributed by atoms with Crippen LogP contribution in [-0.4, -0.2) is 27.3 Å². The zero-order chi connectivity index (χ0) is 15.8. The Morgan fingerprint density at radius 2 is 1.19 bits per heavy atom. The molecule has 0 aromatic rings. The average molecular weight is 322 g/mol. The summed E-state index contributed by atoms with van der Waals surface area (Å²) in [6, 6.07) is 0. The second-order valence-corrected chi connectivity index (χ2v) is 7.52. The molecule has 0 saturated heterocycles. The third kappa shape index (κ3) is 16.1. The molecule has 21 heavy (non-hydrogen) atoms. The van der Waals surface area contributed by atoms with E-state index >= 15 is 0 Å². The van der Waals surface area contributed by atoms with Crippen LogP contribution in [0.2, 0.25) is 0 Å². The van der Waals surface area contributed by atoms with Gasteiger partial charge in [0, 0.05) is 6.54 Å². The van der Waals surface area contributed by atoms with E-state index in [1.54, 1.807) is 0 Å². The Balaban J connectivity index is 3.16. The fourth-order valence-electron chi connectivity index (χ4n) is 2.33. The van der Waals surface area contributed by atoms with Crippen molar-refractivity contribution >= 4 is 10.1 Å². The van der Waals surface area contributed by atoms with Crippen LogP contribution in [0.5, 0.6) is 0 Å². The van der Waals surface area contributed by atoms with Gasteiger partial charge in [0.2, 0.25) is 0 Å². The maximum Gasteiger partial charge on any atom is 0.268 e. The second-order valence-electron chi connectivity index (χ2n) is 5.76. The number of unbranched alkanes of at least 4 members (excludes halogenated alkanes) is 11. The van der Waals surface area contributed by atoms with E-state index in [4.69, 9.17) is 9.92 Å². The van der Waals surface area contributed by atoms with Crippen molar-refractivity contribution in [3.63, 3.8) is 0 Å². The molecule has 0 spiro atoms. The van der Waals surface area contributed by atoms with Gasteiger partial charge in [0.05, 0.1) is 12.4 Å². The Hall–Kier alpha value is -0.130. The van der Waals surface area contributed by atoms with Crippen LogP contribution in [0, 0.1) is 0 Å². The monoisotopic (exact) mass is 321 g/mol. The molecule has 2 N–H and O–H groups in total. The predicted molar refractivity (Wildman–Crippen MR) is 89.9 cm³/mol. The number of rotatable bonds is 16. The molecule has 0 aliphatic rings. The smallest absolute Gasteiger partial charge is 0.268 e. The molecule has 0 saturated carbocycles. The third-order valence-electron chi connectivity index (χ3n) is 3.63. The Morgan fingerprint density at radius 1 is 0.762 bits per heavy atom. The van der Waals surface area contributed by atoms with Gasteiger partial charge in [-0.05, 0) is 6.42 Å². The van der Waals surface area contributed by atoms with Crippen molar-refractivity contribution in [3.05, 3.63) is 0 Å². The Kier molecular flexibility index (Phi) is 14.7. The lowest BCUT2D eigenvalue weighted by atomic mass is 10.1. The minimum absolute atomic E-state index is 0.0781. The van der Waals surface area contributed by atoms with E-state index in [0.717, 1.165) is 12.8 Å². The molecule has 0 fully saturated rings. The molecular weight excluding hydrogens is 286 g/mol. The topological polar surface area (TPSA) is 69.4 Å². The van der Waals surface area contributed by atoms with Gasteiger partial charge in [-0.15, -0.1) is 0 Å². The summed E-state index contributed by atoms with van der Waals surface area (Å²) >= 11 is 0. The van der Waals surface area contributed by atoms with E-state index in [9.17, 15) is 8.42 Å². The molecule has 0 heterocycles. The fraction of sp³-hybridized carbons (Fsp3) is 1.00. The zero-order valence-corrected chi connectivity index (χ0v) is 14.6. The summed E-state index contributed by atoms with van der Waals surface area (Å²) in [6.45, 7) is 2.68. The molecule has 0 aliphatic heterocycles. The van der Waals surface area contributed by atoms with Crippen LogP contribution in [0.1, 0.15) is 84.0 Å². The van der Waals surface area contributed by atoms with Gasteiger partial charge in [-0.25, -0.2) is 0 Å². The van der Waals surface area contributed by atoms with E-state index in [1.165, 1.54) is 64.2 Å². The first-order valence-electron chi connectivity index (χ1n) is 8.69. The van der Waals surface area contributed by atoms with Crippen LogP contribution in [-0.2, 0) is 14.3 Å². The van der Waals surface area contributed by atoms with Crippen molar-refractivity contribution in [2.75, 3.05) is 18.9 Å². The molecule has 0 aromatic heterocycles. The molecule has 0 unspecified atom stereocenters. The van der Waals surface area contributed by atoms with Gasteiger partial charge in [0.25, 0.3) is 10.1 Å². The van der Waals surface area contributed by atoms with Gasteiger partial charge in [0.15, 0.2) is 0 Å². The number of hydrogen-bond donors (Lipinski definition) is 1. The van der Waals surface area contributed by atoms with Gasteiger partial charge >= 0.3 is 0 Å². The first-order chi connectivity index (χ1) is 10.1. The van der Waals surface area contributed by atoms with E-state index in [-0.39, 0.29) is 12.3 Å². The Bertz CT molecular complexity index is 305. The van der Waals surface area contributed by atoms with Crippen LogP contribution >= 0.6 is 0 Å². The summed E-state index contributed by atoms with van der Waals surface area (Å²) in [7, 11) is -3.37. The van der Waals surface area contributed by atoms with Crippen molar-refractivity contribution in [3.8, 4) is 0 Å². The van der Waals surface area contributed by atoms with Crippen LogP contribution < -0.4 is 5.73 Å². The zero-order valence-electron chi connectivity index (χ0n) is 13.8. The van der Waals surface area contributed by atoms with Gasteiger partial charge in [0.1, 0.15) is 0 Å². The molecule has 0 rings (SSSR count). The maximum atomic E-state index is 11.2. The van der Waals surface area contributed by atoms with E-state index in [0.29, 0.717) is 6.61 Å². The summed E-state index contributed by atoms with van der Waals surface area (Å²) in [5.74, 6) is -0.0781. The lowest BCUT2D eigenvalue weighted by molar-refractivity contribution is 0.306. The molecule has 0 aliphatic carbocycles. The minimum Gasteiger partial charge on any atom is -0.329 e. The predicted octanol–water partition coefficient (Wildman–Crippen LogP) is 3.99. The Morgan fingerprint density at radius 3 is 1.62 bits per heavy atom. The third-order valence-corrected chi connectivity index (χ3v) is 4.89. The Labute approximate surface area is 132 Å². The molecule has 0 amide bonds. The first kappa shape index (κ1) is 20.9. The first-order valence-corrected chi connectivity index (χ1v) is 10.3. The highest BCUT2D eigenvalue weighted by molar-refractivity contribution is 7.86. The second kappa shape index (κ2) is 14.8. The van der Waals surface area contributed by atoms with Crippen molar-refractivity contribution in [2.45, 2.75) is 84.0 Å². The van der Waals surface area contributed by atoms with E-state index in [2.05, 4.69) is 6.92 Å². The van der Waals surface area contributed by atoms with Crippen molar-refractivity contribution in [1.82, 2.24) is 0 Å². The largest absolute Gasteiger partial charge is 0.329 e. The molecule has 128 valence electrons. The normalized spacial score (nSPS) is 11.9. The number of hydrogen-bond acceptors (Lipinski definition) is 4. The number of nitrogens with two attached hydrogens (primary N) is 1. The van der Waals surface area contributed by atoms with E-state index in [1.807, 2.05) is 0 Å². The molecule has 0 bridgehead atoms. The quantitative estimate of drug-likeness (QED) is 0.345. The molecule has 0 atom stereocenters. The molecule has 5 heteroatoms. The molecule has 0 aromatic carbocycles. The average Bonchev–Trinajstić information content (AvgIpc) is 2.44. The maximum absolute atomic E-state index is 11.2. The highest BCUT2D eigenvalue weighted by Gasteiger charge is 2.08. The molecular formula is C16H35NO3S. The van der Waals surface area contributed by atoms with Crippen LogP contribution in [0.15, 0.2) is 0 Å². The van der Waals surface area contributed by atoms with E-state index < -0.39 is 10.1 Å². The summed E-state index contributed by atoms with van der Waals surface area (Å²) in [4.78, 5) is 0. The summed E-state index contributed by atoms with van der Waals surface area (Å²) < 4.78 is 27.3. The standard InChI is InChI=1S/C16H35NO3S/c1-2-3-4-5-6-7-8-9-10-11-12-13-15-20-21(18,19)16-14-17/h2-17H2,1H3. The van der Waals surface area contributed by atoms with Crippen molar-refractivity contribution in [1.29, 1.82) is 0 Å². The molecule has 4 nitrogen and oxygen atoms in total. The minimum atomic E-state index is -3.37. The van der Waals surface area contributed by atoms with Crippen molar-refractivity contribution in [2.24, 2.45) is 5.73 Å². The lowest BCUT2D eigenvalue weighted by Gasteiger charge is -2.04. The van der Waals surface area contributed by atoms with Crippen LogP contribution in [0.25, 0.3) is 0 Å². The summed E-state index contributed by atoms with van der Waals surface area (Å²) in [5.41, 5.74) is 5.20. The fourth-order valence-corrected chi connectivity index (χ4v) is 3.11. The highest BCUT2D eigenvalue weighted by atomic mass is 32.2. The summed E-state index contributed by atoms with van der Waals surface area (Å²) in [5, 5.41) is 0. The van der Waals surface area contributed by atoms with Gasteiger partial charge in [-0.1, -0.05) is 77.6 Å². The van der Waals surface area contributed by atoms with Crippen LogP contribution in [0.3, 0.4) is 0 Å². The lowest BCUT2D eigenvalue weighted by Crippen LogP contribution is -2.18. The van der Waals surface area contributed by atoms with Crippen molar-refractivity contribution < 1.29 is 12.6 Å². The van der Waals surface area contributed by atoms with Crippen LogP contribution in [0.4, 0.5) is 0 Å². The summed E-state index contributed by atoms with van der Waals surface area (Å²) in [6.07, 6.45) is 15.2. The van der Waals surface area contributed by atoms with Gasteiger partial charge in [-0.2, -0.15) is 8.42 Å². The molecule has 0 radical (unpaired) electrons.